The molecular formula is C19H20FNO5. The number of amides is 1. The maximum Gasteiger partial charge on any atom is 0.341 e. The molecule has 0 spiro atoms. The Kier molecular flexibility index (Phi) is 6.96. The topological polar surface area (TPSA) is 73.9 Å². The predicted molar refractivity (Wildman–Crippen MR) is 92.9 cm³/mol. The van der Waals surface area contributed by atoms with E-state index in [2.05, 4.69) is 5.32 Å². The zero-order valence-electron chi connectivity index (χ0n) is 14.6. The minimum atomic E-state index is -0.912. The van der Waals surface area contributed by atoms with Crippen LogP contribution >= 0.6 is 0 Å². The molecule has 0 aliphatic carbocycles. The first-order chi connectivity index (χ1) is 12.5. The Morgan fingerprint density at radius 1 is 1.08 bits per heavy atom. The Hall–Kier alpha value is -3.09. The van der Waals surface area contributed by atoms with Crippen LogP contribution in [0.1, 0.15) is 15.9 Å². The van der Waals surface area contributed by atoms with Gasteiger partial charge in [-0.05, 0) is 30.2 Å². The van der Waals surface area contributed by atoms with Crippen molar-refractivity contribution in [2.75, 3.05) is 27.4 Å². The van der Waals surface area contributed by atoms with Crippen LogP contribution in [0, 0.1) is 5.82 Å². The highest BCUT2D eigenvalue weighted by Crippen LogP contribution is 2.18. The van der Waals surface area contributed by atoms with Gasteiger partial charge < -0.3 is 19.5 Å². The van der Waals surface area contributed by atoms with Crippen molar-refractivity contribution in [3.05, 3.63) is 59.4 Å². The molecule has 0 saturated heterocycles. The quantitative estimate of drug-likeness (QED) is 0.731. The van der Waals surface area contributed by atoms with E-state index in [1.807, 2.05) is 24.3 Å². The average molecular weight is 361 g/mol. The number of carbonyl (C=O) groups excluding carboxylic acids is 2. The molecule has 0 saturated carbocycles. The second kappa shape index (κ2) is 9.41. The van der Waals surface area contributed by atoms with E-state index >= 15 is 0 Å². The van der Waals surface area contributed by atoms with Gasteiger partial charge in [0.15, 0.2) is 6.61 Å². The summed E-state index contributed by atoms with van der Waals surface area (Å²) >= 11 is 0. The minimum Gasteiger partial charge on any atom is -0.497 e. The number of methoxy groups -OCH3 is 2. The number of carbonyl (C=O) groups is 2. The first kappa shape index (κ1) is 19.2. The zero-order valence-corrected chi connectivity index (χ0v) is 14.6. The number of nitrogens with one attached hydrogen (secondary N) is 1. The normalized spacial score (nSPS) is 10.1. The van der Waals surface area contributed by atoms with Crippen molar-refractivity contribution in [3.63, 3.8) is 0 Å². The SMILES string of the molecule is COc1ccc(C(=O)OCC(=O)NCCc2ccccc2OC)c(F)c1. The van der Waals surface area contributed by atoms with Gasteiger partial charge in [0.25, 0.3) is 5.91 Å². The van der Waals surface area contributed by atoms with Crippen molar-refractivity contribution < 1.29 is 28.2 Å². The van der Waals surface area contributed by atoms with E-state index in [0.717, 1.165) is 17.4 Å². The van der Waals surface area contributed by atoms with Crippen molar-refractivity contribution in [3.8, 4) is 11.5 Å². The van der Waals surface area contributed by atoms with Crippen molar-refractivity contribution >= 4 is 11.9 Å². The lowest BCUT2D eigenvalue weighted by atomic mass is 10.1. The van der Waals surface area contributed by atoms with Crippen LogP contribution in [0.15, 0.2) is 42.5 Å². The summed E-state index contributed by atoms with van der Waals surface area (Å²) in [5.74, 6) is -1.13. The number of rotatable bonds is 8. The highest BCUT2D eigenvalue weighted by molar-refractivity contribution is 5.91. The average Bonchev–Trinajstić information content (AvgIpc) is 2.66. The molecule has 138 valence electrons. The molecule has 0 aromatic heterocycles. The Morgan fingerprint density at radius 3 is 2.54 bits per heavy atom. The Labute approximate surface area is 150 Å². The largest absolute Gasteiger partial charge is 0.497 e. The van der Waals surface area contributed by atoms with E-state index in [9.17, 15) is 14.0 Å². The van der Waals surface area contributed by atoms with Crippen molar-refractivity contribution in [2.45, 2.75) is 6.42 Å². The number of benzene rings is 2. The predicted octanol–water partition coefficient (Wildman–Crippen LogP) is 2.36. The van der Waals surface area contributed by atoms with E-state index in [-0.39, 0.29) is 11.3 Å². The van der Waals surface area contributed by atoms with Gasteiger partial charge in [-0.2, -0.15) is 0 Å². The molecule has 0 unspecified atom stereocenters. The van der Waals surface area contributed by atoms with Crippen LogP contribution in [0.5, 0.6) is 11.5 Å². The summed E-state index contributed by atoms with van der Waals surface area (Å²) in [4.78, 5) is 23.6. The summed E-state index contributed by atoms with van der Waals surface area (Å²) in [6.45, 7) is -0.135. The number of esters is 1. The van der Waals surface area contributed by atoms with Gasteiger partial charge in [-0.15, -0.1) is 0 Å². The molecule has 6 nitrogen and oxygen atoms in total. The molecule has 1 amide bonds. The number of ether oxygens (including phenoxy) is 3. The summed E-state index contributed by atoms with van der Waals surface area (Å²) in [5.41, 5.74) is 0.695. The molecular weight excluding hydrogens is 341 g/mol. The molecule has 26 heavy (non-hydrogen) atoms. The summed E-state index contributed by atoms with van der Waals surface area (Å²) in [7, 11) is 2.97. The third-order valence-corrected chi connectivity index (χ3v) is 3.64. The van der Waals surface area contributed by atoms with Gasteiger partial charge in [-0.3, -0.25) is 4.79 Å². The van der Waals surface area contributed by atoms with Crippen LogP contribution in [0.3, 0.4) is 0 Å². The molecule has 0 heterocycles. The highest BCUT2D eigenvalue weighted by atomic mass is 19.1. The van der Waals surface area contributed by atoms with E-state index in [1.165, 1.54) is 19.2 Å². The van der Waals surface area contributed by atoms with Crippen molar-refractivity contribution in [1.82, 2.24) is 5.32 Å². The van der Waals surface area contributed by atoms with Crippen LogP contribution in [0.4, 0.5) is 4.39 Å². The second-order valence-electron chi connectivity index (χ2n) is 5.33. The van der Waals surface area contributed by atoms with Crippen LogP contribution in [0.25, 0.3) is 0 Å². The van der Waals surface area contributed by atoms with Crippen LogP contribution in [-0.2, 0) is 16.0 Å². The first-order valence-corrected chi connectivity index (χ1v) is 7.94. The molecule has 7 heteroatoms. The third-order valence-electron chi connectivity index (χ3n) is 3.64. The molecule has 0 aliphatic rings. The molecule has 2 aromatic carbocycles. The molecule has 2 aromatic rings. The summed E-state index contributed by atoms with van der Waals surface area (Å²) in [5, 5.41) is 2.64. The van der Waals surface area contributed by atoms with E-state index in [1.54, 1.807) is 7.11 Å². The van der Waals surface area contributed by atoms with E-state index < -0.39 is 24.3 Å². The Bertz CT molecular complexity index is 778. The molecule has 2 rings (SSSR count). The third kappa shape index (κ3) is 5.20. The number of hydrogen-bond donors (Lipinski definition) is 1. The fraction of sp³-hybridized carbons (Fsp3) is 0.263. The number of para-hydroxylation sites is 1. The molecule has 0 atom stereocenters. The fourth-order valence-electron chi connectivity index (χ4n) is 2.29. The van der Waals surface area contributed by atoms with Gasteiger partial charge in [-0.25, -0.2) is 9.18 Å². The molecule has 0 radical (unpaired) electrons. The molecule has 0 fully saturated rings. The lowest BCUT2D eigenvalue weighted by molar-refractivity contribution is -0.124. The first-order valence-electron chi connectivity index (χ1n) is 7.94. The van der Waals surface area contributed by atoms with Gasteiger partial charge in [0.2, 0.25) is 0 Å². The number of halogens is 1. The monoisotopic (exact) mass is 361 g/mol. The standard InChI is InChI=1S/C19H20FNO5/c1-24-14-7-8-15(16(20)11-14)19(23)26-12-18(22)21-10-9-13-5-3-4-6-17(13)25-2/h3-8,11H,9-10,12H2,1-2H3,(H,21,22). The van der Waals surface area contributed by atoms with Gasteiger partial charge >= 0.3 is 5.97 Å². The molecule has 1 N–H and O–H groups in total. The van der Waals surface area contributed by atoms with Crippen LogP contribution < -0.4 is 14.8 Å². The van der Waals surface area contributed by atoms with Crippen LogP contribution in [0.2, 0.25) is 0 Å². The summed E-state index contributed by atoms with van der Waals surface area (Å²) < 4.78 is 28.7. The zero-order chi connectivity index (χ0) is 18.9. The van der Waals surface area contributed by atoms with Gasteiger partial charge in [0.1, 0.15) is 17.3 Å². The lowest BCUT2D eigenvalue weighted by Crippen LogP contribution is -2.30. The molecule has 0 bridgehead atoms. The molecule has 0 aliphatic heterocycles. The smallest absolute Gasteiger partial charge is 0.341 e. The summed E-state index contributed by atoms with van der Waals surface area (Å²) in [6, 6.07) is 11.2. The van der Waals surface area contributed by atoms with E-state index in [4.69, 9.17) is 14.2 Å². The maximum atomic E-state index is 13.8. The highest BCUT2D eigenvalue weighted by Gasteiger charge is 2.15. The van der Waals surface area contributed by atoms with E-state index in [0.29, 0.717) is 13.0 Å². The van der Waals surface area contributed by atoms with Crippen molar-refractivity contribution in [1.29, 1.82) is 0 Å². The van der Waals surface area contributed by atoms with Gasteiger partial charge in [0, 0.05) is 12.6 Å². The fourth-order valence-corrected chi connectivity index (χ4v) is 2.29. The summed E-state index contributed by atoms with van der Waals surface area (Å²) in [6.07, 6.45) is 0.566. The van der Waals surface area contributed by atoms with Gasteiger partial charge in [0.05, 0.1) is 19.8 Å². The second-order valence-corrected chi connectivity index (χ2v) is 5.33. The maximum absolute atomic E-state index is 13.8. The van der Waals surface area contributed by atoms with Gasteiger partial charge in [-0.1, -0.05) is 18.2 Å². The minimum absolute atomic E-state index is 0.257. The Morgan fingerprint density at radius 2 is 1.85 bits per heavy atom. The Balaban J connectivity index is 1.79. The lowest BCUT2D eigenvalue weighted by Gasteiger charge is -2.10. The number of hydrogen-bond acceptors (Lipinski definition) is 5. The van der Waals surface area contributed by atoms with Crippen LogP contribution in [-0.4, -0.2) is 39.2 Å². The van der Waals surface area contributed by atoms with Crippen molar-refractivity contribution in [2.24, 2.45) is 0 Å².